The summed E-state index contributed by atoms with van der Waals surface area (Å²) in [4.78, 5) is 34.9. The van der Waals surface area contributed by atoms with Crippen LogP contribution in [0.1, 0.15) is 44.3 Å². The number of nitrogens with one attached hydrogen (secondary N) is 2. The van der Waals surface area contributed by atoms with Crippen LogP contribution >= 0.6 is 11.3 Å². The van der Waals surface area contributed by atoms with E-state index in [1.807, 2.05) is 0 Å². The second-order valence-corrected chi connectivity index (χ2v) is 6.94. The minimum absolute atomic E-state index is 0.212. The first-order chi connectivity index (χ1) is 9.47. The molecule has 0 fully saturated rings. The molecule has 0 radical (unpaired) electrons. The van der Waals surface area contributed by atoms with Crippen LogP contribution in [0.5, 0.6) is 0 Å². The van der Waals surface area contributed by atoms with E-state index in [2.05, 4.69) is 10.6 Å². The molecule has 0 unspecified atom stereocenters. The minimum atomic E-state index is -1.12. The largest absolute Gasteiger partial charge is 0.481 e. The van der Waals surface area contributed by atoms with E-state index in [4.69, 9.17) is 0 Å². The zero-order valence-electron chi connectivity index (χ0n) is 12.7. The first-order valence-corrected chi connectivity index (χ1v) is 7.22. The molecule has 0 spiro atoms. The van der Waals surface area contributed by atoms with Gasteiger partial charge < -0.3 is 15.7 Å². The normalized spacial score (nSPS) is 11.9. The average Bonchev–Trinajstić information content (AvgIpc) is 2.75. The number of hydrogen-bond acceptors (Lipinski definition) is 4. The molecule has 21 heavy (non-hydrogen) atoms. The number of carboxylic acid groups (broad SMARTS) is 1. The van der Waals surface area contributed by atoms with Crippen molar-refractivity contribution in [3.63, 3.8) is 0 Å². The number of thiophene rings is 1. The summed E-state index contributed by atoms with van der Waals surface area (Å²) in [7, 11) is 0. The molecule has 2 amide bonds. The highest BCUT2D eigenvalue weighted by Crippen LogP contribution is 2.31. The maximum Gasteiger partial charge on any atom is 0.311 e. The van der Waals surface area contributed by atoms with Crippen molar-refractivity contribution in [3.05, 3.63) is 17.0 Å². The first-order valence-electron chi connectivity index (χ1n) is 6.40. The monoisotopic (exact) mass is 312 g/mol. The van der Waals surface area contributed by atoms with Crippen molar-refractivity contribution in [2.24, 2.45) is 5.41 Å². The number of carbonyl (C=O) groups excluding carboxylic acids is 2. The van der Waals surface area contributed by atoms with Gasteiger partial charge in [0.1, 0.15) is 0 Å². The summed E-state index contributed by atoms with van der Waals surface area (Å²) in [5.41, 5.74) is -2.06. The molecule has 1 aromatic rings. The average molecular weight is 312 g/mol. The number of carboxylic acids is 1. The Labute approximate surface area is 127 Å². The molecule has 0 saturated heterocycles. The standard InChI is InChI=1S/C14H20N2O4S/c1-8(17)15-10-7-6-9(21-10)11(18)16-14(4,5)13(2,3)12(19)20/h6-7H,1-5H3,(H,15,17)(H,16,18)(H,19,20). The Morgan fingerprint density at radius 1 is 1.14 bits per heavy atom. The predicted octanol–water partition coefficient (Wildman–Crippen LogP) is 2.33. The van der Waals surface area contributed by atoms with Gasteiger partial charge in [0, 0.05) is 6.92 Å². The third kappa shape index (κ3) is 3.81. The van der Waals surface area contributed by atoms with E-state index in [1.54, 1.807) is 39.8 Å². The van der Waals surface area contributed by atoms with Gasteiger partial charge in [0.25, 0.3) is 5.91 Å². The number of carbonyl (C=O) groups is 3. The Hall–Kier alpha value is -1.89. The van der Waals surface area contributed by atoms with E-state index in [0.29, 0.717) is 9.88 Å². The summed E-state index contributed by atoms with van der Waals surface area (Å²) in [6, 6.07) is 3.23. The van der Waals surface area contributed by atoms with Crippen molar-refractivity contribution in [2.75, 3.05) is 5.32 Å². The molecule has 1 rings (SSSR count). The van der Waals surface area contributed by atoms with E-state index >= 15 is 0 Å². The fourth-order valence-corrected chi connectivity index (χ4v) is 2.32. The van der Waals surface area contributed by atoms with E-state index in [-0.39, 0.29) is 11.8 Å². The van der Waals surface area contributed by atoms with E-state index < -0.39 is 16.9 Å². The van der Waals surface area contributed by atoms with Crippen LogP contribution in [-0.4, -0.2) is 28.4 Å². The lowest BCUT2D eigenvalue weighted by Gasteiger charge is -2.38. The van der Waals surface area contributed by atoms with Crippen LogP contribution < -0.4 is 10.6 Å². The summed E-state index contributed by atoms with van der Waals surface area (Å²) in [6.07, 6.45) is 0. The van der Waals surface area contributed by atoms with E-state index in [0.717, 1.165) is 11.3 Å². The van der Waals surface area contributed by atoms with Gasteiger partial charge in [0.2, 0.25) is 5.91 Å². The first kappa shape index (κ1) is 17.2. The summed E-state index contributed by atoms with van der Waals surface area (Å²) in [5, 5.41) is 15.2. The van der Waals surface area contributed by atoms with Crippen molar-refractivity contribution < 1.29 is 19.5 Å². The molecular formula is C14H20N2O4S. The number of hydrogen-bond donors (Lipinski definition) is 3. The lowest BCUT2D eigenvalue weighted by molar-refractivity contribution is -0.150. The smallest absolute Gasteiger partial charge is 0.311 e. The van der Waals surface area contributed by atoms with Crippen LogP contribution in [-0.2, 0) is 9.59 Å². The number of aliphatic carboxylic acids is 1. The van der Waals surface area contributed by atoms with Crippen LogP contribution in [0.3, 0.4) is 0 Å². The van der Waals surface area contributed by atoms with Crippen molar-refractivity contribution in [1.29, 1.82) is 0 Å². The van der Waals surface area contributed by atoms with Crippen LogP contribution in [0.4, 0.5) is 5.00 Å². The highest BCUT2D eigenvalue weighted by atomic mass is 32.1. The Morgan fingerprint density at radius 2 is 1.71 bits per heavy atom. The lowest BCUT2D eigenvalue weighted by atomic mass is 9.74. The van der Waals surface area contributed by atoms with Crippen LogP contribution in [0.15, 0.2) is 12.1 Å². The maximum absolute atomic E-state index is 12.2. The summed E-state index contributed by atoms with van der Waals surface area (Å²) < 4.78 is 0. The topological polar surface area (TPSA) is 95.5 Å². The molecule has 1 aromatic heterocycles. The van der Waals surface area contributed by atoms with Crippen molar-refractivity contribution in [3.8, 4) is 0 Å². The maximum atomic E-state index is 12.2. The molecule has 0 saturated carbocycles. The molecular weight excluding hydrogens is 292 g/mol. The Kier molecular flexibility index (Phi) is 4.78. The van der Waals surface area contributed by atoms with E-state index in [9.17, 15) is 19.5 Å². The van der Waals surface area contributed by atoms with Crippen LogP contribution in [0.2, 0.25) is 0 Å². The Balaban J connectivity index is 2.88. The van der Waals surface area contributed by atoms with Gasteiger partial charge in [-0.15, -0.1) is 11.3 Å². The number of rotatable bonds is 5. The molecule has 0 aliphatic heterocycles. The molecule has 116 valence electrons. The Morgan fingerprint density at radius 3 is 2.19 bits per heavy atom. The summed E-state index contributed by atoms with van der Waals surface area (Å²) in [6.45, 7) is 7.85. The zero-order valence-corrected chi connectivity index (χ0v) is 13.6. The fourth-order valence-electron chi connectivity index (χ4n) is 1.47. The van der Waals surface area contributed by atoms with Gasteiger partial charge in [-0.1, -0.05) is 0 Å². The van der Waals surface area contributed by atoms with E-state index in [1.165, 1.54) is 6.92 Å². The second-order valence-electron chi connectivity index (χ2n) is 5.85. The molecule has 0 bridgehead atoms. The number of anilines is 1. The quantitative estimate of drug-likeness (QED) is 0.777. The predicted molar refractivity (Wildman–Crippen MR) is 81.6 cm³/mol. The van der Waals surface area contributed by atoms with Crippen molar-refractivity contribution in [2.45, 2.75) is 40.2 Å². The number of amides is 2. The summed E-state index contributed by atoms with van der Waals surface area (Å²) in [5.74, 6) is -1.56. The van der Waals surface area contributed by atoms with Gasteiger partial charge in [-0.05, 0) is 39.8 Å². The fraction of sp³-hybridized carbons (Fsp3) is 0.500. The van der Waals surface area contributed by atoms with Crippen LogP contribution in [0.25, 0.3) is 0 Å². The molecule has 1 heterocycles. The molecule has 0 atom stereocenters. The third-order valence-electron chi connectivity index (χ3n) is 3.65. The highest BCUT2D eigenvalue weighted by Gasteiger charge is 2.44. The van der Waals surface area contributed by atoms with Gasteiger partial charge in [0.15, 0.2) is 0 Å². The molecule has 0 aliphatic rings. The highest BCUT2D eigenvalue weighted by molar-refractivity contribution is 7.18. The van der Waals surface area contributed by atoms with Crippen LogP contribution in [0, 0.1) is 5.41 Å². The van der Waals surface area contributed by atoms with Gasteiger partial charge in [0.05, 0.1) is 20.8 Å². The summed E-state index contributed by atoms with van der Waals surface area (Å²) >= 11 is 1.14. The SMILES string of the molecule is CC(=O)Nc1ccc(C(=O)NC(C)(C)C(C)(C)C(=O)O)s1. The van der Waals surface area contributed by atoms with Gasteiger partial charge in [-0.2, -0.15) is 0 Å². The minimum Gasteiger partial charge on any atom is -0.481 e. The van der Waals surface area contributed by atoms with Crippen molar-refractivity contribution >= 4 is 34.1 Å². The molecule has 0 aromatic carbocycles. The molecule has 0 aliphatic carbocycles. The lowest BCUT2D eigenvalue weighted by Crippen LogP contribution is -2.56. The third-order valence-corrected chi connectivity index (χ3v) is 4.65. The van der Waals surface area contributed by atoms with Gasteiger partial charge in [-0.3, -0.25) is 14.4 Å². The van der Waals surface area contributed by atoms with Crippen molar-refractivity contribution in [1.82, 2.24) is 5.32 Å². The molecule has 6 nitrogen and oxygen atoms in total. The second kappa shape index (κ2) is 5.85. The van der Waals surface area contributed by atoms with Gasteiger partial charge in [-0.25, -0.2) is 0 Å². The Bertz CT molecular complexity index is 575. The molecule has 7 heteroatoms. The van der Waals surface area contributed by atoms with Gasteiger partial charge >= 0.3 is 5.97 Å². The molecule has 3 N–H and O–H groups in total. The zero-order chi connectivity index (χ0) is 16.4.